The van der Waals surface area contributed by atoms with Crippen molar-refractivity contribution in [2.24, 2.45) is 4.99 Å². The first kappa shape index (κ1) is 27.9. The van der Waals surface area contributed by atoms with Crippen LogP contribution in [0.15, 0.2) is 83.9 Å². The average molecular weight is 570 g/mol. The minimum atomic E-state index is -1.30. The fraction of sp³-hybridized carbons (Fsp3) is 0.364. The molecular formula is C33H35N3O6. The maximum absolute atomic E-state index is 14.7. The van der Waals surface area contributed by atoms with E-state index in [-0.39, 0.29) is 25.0 Å². The van der Waals surface area contributed by atoms with E-state index in [1.54, 1.807) is 9.80 Å². The first-order valence-corrected chi connectivity index (χ1v) is 14.4. The van der Waals surface area contributed by atoms with E-state index in [4.69, 9.17) is 24.3 Å². The van der Waals surface area contributed by atoms with Crippen molar-refractivity contribution in [2.75, 3.05) is 46.1 Å². The van der Waals surface area contributed by atoms with E-state index in [0.717, 1.165) is 22.3 Å². The van der Waals surface area contributed by atoms with Crippen molar-refractivity contribution in [3.8, 4) is 5.75 Å². The SMILES string of the molecule is O=C(CN1Cc2ccccc2C[C@@]2(N=C(c3ccc(OCCCO)cc3)O[C@H]2c2ccccc2)C1=O)N1CCOCC1. The number of carbonyl (C=O) groups excluding carboxylic acids is 2. The minimum absolute atomic E-state index is 0.0405. The molecule has 3 aliphatic heterocycles. The maximum atomic E-state index is 14.7. The molecule has 0 aliphatic carbocycles. The van der Waals surface area contributed by atoms with Crippen molar-refractivity contribution in [1.29, 1.82) is 0 Å². The van der Waals surface area contributed by atoms with Gasteiger partial charge >= 0.3 is 0 Å². The van der Waals surface area contributed by atoms with Crippen LogP contribution in [0.25, 0.3) is 0 Å². The molecule has 0 radical (unpaired) electrons. The number of nitrogens with zero attached hydrogens (tertiary/aromatic N) is 3. The van der Waals surface area contributed by atoms with Crippen LogP contribution in [0.3, 0.4) is 0 Å². The standard InChI is InChI=1S/C33H35N3O6/c37-17-6-18-41-28-13-11-25(12-14-28)31-34-33(30(42-31)24-7-2-1-3-8-24)21-26-9-4-5-10-27(26)22-36(32(33)39)23-29(38)35-15-19-40-20-16-35/h1-5,7-14,30,37H,6,15-23H2/t30-,33-/m0/s1. The molecule has 3 aromatic carbocycles. The molecule has 1 saturated heterocycles. The monoisotopic (exact) mass is 569 g/mol. The first-order valence-electron chi connectivity index (χ1n) is 14.4. The molecule has 3 aliphatic rings. The molecule has 0 saturated carbocycles. The van der Waals surface area contributed by atoms with E-state index in [0.29, 0.717) is 63.9 Å². The van der Waals surface area contributed by atoms with Gasteiger partial charge in [-0.2, -0.15) is 0 Å². The minimum Gasteiger partial charge on any atom is -0.494 e. The van der Waals surface area contributed by atoms with Crippen molar-refractivity contribution in [1.82, 2.24) is 9.80 Å². The highest BCUT2D eigenvalue weighted by atomic mass is 16.5. The van der Waals surface area contributed by atoms with E-state index in [2.05, 4.69) is 0 Å². The molecule has 2 amide bonds. The van der Waals surface area contributed by atoms with Crippen LogP contribution in [0.5, 0.6) is 5.75 Å². The number of hydrogen-bond donors (Lipinski definition) is 1. The number of rotatable bonds is 8. The maximum Gasteiger partial charge on any atom is 0.256 e. The number of carbonyl (C=O) groups is 2. The lowest BCUT2D eigenvalue weighted by Crippen LogP contribution is -2.53. The predicted molar refractivity (Wildman–Crippen MR) is 156 cm³/mol. The van der Waals surface area contributed by atoms with Crippen molar-refractivity contribution in [3.63, 3.8) is 0 Å². The summed E-state index contributed by atoms with van der Waals surface area (Å²) in [5.41, 5.74) is 2.27. The first-order chi connectivity index (χ1) is 20.6. The Balaban J connectivity index is 1.39. The Morgan fingerprint density at radius 3 is 2.43 bits per heavy atom. The number of aliphatic hydroxyl groups is 1. The third kappa shape index (κ3) is 5.62. The molecule has 3 heterocycles. The molecule has 1 N–H and O–H groups in total. The number of fused-ring (bicyclic) bond motifs is 1. The molecule has 42 heavy (non-hydrogen) atoms. The fourth-order valence-corrected chi connectivity index (χ4v) is 5.83. The number of aliphatic hydroxyl groups excluding tert-OH is 1. The number of ether oxygens (including phenoxy) is 3. The predicted octanol–water partition coefficient (Wildman–Crippen LogP) is 3.15. The molecule has 2 atom stereocenters. The van der Waals surface area contributed by atoms with Crippen LogP contribution in [0.4, 0.5) is 0 Å². The Morgan fingerprint density at radius 1 is 0.976 bits per heavy atom. The van der Waals surface area contributed by atoms with Gasteiger partial charge in [0, 0.05) is 44.6 Å². The van der Waals surface area contributed by atoms with Gasteiger partial charge in [0.1, 0.15) is 12.3 Å². The van der Waals surface area contributed by atoms with Crippen LogP contribution < -0.4 is 4.74 Å². The summed E-state index contributed by atoms with van der Waals surface area (Å²) in [6, 6.07) is 25.1. The van der Waals surface area contributed by atoms with Gasteiger partial charge in [-0.05, 0) is 41.0 Å². The summed E-state index contributed by atoms with van der Waals surface area (Å²) in [6.07, 6.45) is 0.205. The van der Waals surface area contributed by atoms with Crippen LogP contribution in [-0.2, 0) is 32.0 Å². The van der Waals surface area contributed by atoms with E-state index < -0.39 is 11.6 Å². The van der Waals surface area contributed by atoms with Gasteiger partial charge in [0.2, 0.25) is 11.8 Å². The summed E-state index contributed by atoms with van der Waals surface area (Å²) < 4.78 is 17.7. The molecule has 1 fully saturated rings. The number of hydrogen-bond acceptors (Lipinski definition) is 7. The zero-order valence-electron chi connectivity index (χ0n) is 23.5. The van der Waals surface area contributed by atoms with Crippen molar-refractivity contribution in [3.05, 3.63) is 101 Å². The van der Waals surface area contributed by atoms with E-state index in [1.165, 1.54) is 0 Å². The summed E-state index contributed by atoms with van der Waals surface area (Å²) in [6.45, 7) is 2.78. The largest absolute Gasteiger partial charge is 0.494 e. The summed E-state index contributed by atoms with van der Waals surface area (Å²) in [5.74, 6) is 0.718. The van der Waals surface area contributed by atoms with E-state index in [1.807, 2.05) is 78.9 Å². The summed E-state index contributed by atoms with van der Waals surface area (Å²) in [4.78, 5) is 36.6. The Bertz CT molecular complexity index is 1440. The Morgan fingerprint density at radius 2 is 1.69 bits per heavy atom. The molecule has 9 heteroatoms. The summed E-state index contributed by atoms with van der Waals surface area (Å²) >= 11 is 0. The van der Waals surface area contributed by atoms with Crippen LogP contribution in [-0.4, -0.2) is 84.2 Å². The quantitative estimate of drug-likeness (QED) is 0.419. The highest BCUT2D eigenvalue weighted by Gasteiger charge is 2.56. The second-order valence-electron chi connectivity index (χ2n) is 10.8. The molecule has 0 unspecified atom stereocenters. The summed E-state index contributed by atoms with van der Waals surface area (Å²) in [5, 5.41) is 9.04. The molecule has 9 nitrogen and oxygen atoms in total. The molecular weight excluding hydrogens is 534 g/mol. The lowest BCUT2D eigenvalue weighted by molar-refractivity contribution is -0.147. The van der Waals surface area contributed by atoms with Crippen LogP contribution in [0, 0.1) is 0 Å². The lowest BCUT2D eigenvalue weighted by Gasteiger charge is -2.34. The van der Waals surface area contributed by atoms with Crippen molar-refractivity contribution >= 4 is 17.7 Å². The fourth-order valence-electron chi connectivity index (χ4n) is 5.83. The molecule has 3 aromatic rings. The number of aliphatic imine (C=N–C) groups is 1. The van der Waals surface area contributed by atoms with Crippen molar-refractivity contribution < 1.29 is 28.9 Å². The van der Waals surface area contributed by atoms with Crippen LogP contribution >= 0.6 is 0 Å². The zero-order chi connectivity index (χ0) is 28.9. The van der Waals surface area contributed by atoms with Gasteiger partial charge in [-0.25, -0.2) is 4.99 Å². The van der Waals surface area contributed by atoms with Gasteiger partial charge in [-0.1, -0.05) is 54.6 Å². The highest BCUT2D eigenvalue weighted by Crippen LogP contribution is 2.45. The van der Waals surface area contributed by atoms with Crippen molar-refractivity contribution in [2.45, 2.75) is 31.0 Å². The lowest BCUT2D eigenvalue weighted by atomic mass is 9.82. The molecule has 1 spiro atoms. The number of benzene rings is 3. The van der Waals surface area contributed by atoms with E-state index >= 15 is 0 Å². The third-order valence-corrected chi connectivity index (χ3v) is 8.03. The molecule has 218 valence electrons. The number of morpholine rings is 1. The average Bonchev–Trinajstić information content (AvgIpc) is 3.37. The summed E-state index contributed by atoms with van der Waals surface area (Å²) in [7, 11) is 0. The van der Waals surface area contributed by atoms with Gasteiger partial charge < -0.3 is 29.1 Å². The topological polar surface area (TPSA) is 101 Å². The molecule has 6 rings (SSSR count). The van der Waals surface area contributed by atoms with Crippen LogP contribution in [0.1, 0.15) is 34.8 Å². The Kier molecular flexibility index (Phi) is 8.21. The third-order valence-electron chi connectivity index (χ3n) is 8.03. The van der Waals surface area contributed by atoms with E-state index in [9.17, 15) is 9.59 Å². The Labute approximate surface area is 245 Å². The molecule has 0 bridgehead atoms. The van der Waals surface area contributed by atoms with Gasteiger partial charge in [-0.3, -0.25) is 9.59 Å². The van der Waals surface area contributed by atoms with Gasteiger partial charge in [-0.15, -0.1) is 0 Å². The normalized spacial score (nSPS) is 21.9. The number of amides is 2. The molecule has 0 aromatic heterocycles. The van der Waals surface area contributed by atoms with Gasteiger partial charge in [0.25, 0.3) is 5.91 Å². The van der Waals surface area contributed by atoms with Crippen LogP contribution in [0.2, 0.25) is 0 Å². The second kappa shape index (κ2) is 12.3. The highest BCUT2D eigenvalue weighted by molar-refractivity contribution is 6.02. The second-order valence-corrected chi connectivity index (χ2v) is 10.8. The van der Waals surface area contributed by atoms with Gasteiger partial charge in [0.15, 0.2) is 11.6 Å². The smallest absolute Gasteiger partial charge is 0.256 e. The van der Waals surface area contributed by atoms with Gasteiger partial charge in [0.05, 0.1) is 19.8 Å². The zero-order valence-corrected chi connectivity index (χ0v) is 23.5. The Hall–Kier alpha value is -4.21.